The second kappa shape index (κ2) is 6.39. The lowest BCUT2D eigenvalue weighted by molar-refractivity contribution is -0.384. The molecule has 96 valence electrons. The van der Waals surface area contributed by atoms with Crippen molar-refractivity contribution in [2.24, 2.45) is 0 Å². The molecule has 0 aliphatic rings. The molecule has 0 saturated heterocycles. The van der Waals surface area contributed by atoms with Crippen molar-refractivity contribution >= 4 is 11.6 Å². The van der Waals surface area contributed by atoms with Gasteiger partial charge in [0.25, 0.3) is 11.6 Å². The highest BCUT2D eigenvalue weighted by Crippen LogP contribution is 2.22. The van der Waals surface area contributed by atoms with Gasteiger partial charge in [0, 0.05) is 18.7 Å². The lowest BCUT2D eigenvalue weighted by atomic mass is 10.2. The summed E-state index contributed by atoms with van der Waals surface area (Å²) in [4.78, 5) is 21.3. The van der Waals surface area contributed by atoms with Gasteiger partial charge in [0.1, 0.15) is 5.75 Å². The molecule has 18 heavy (non-hydrogen) atoms. The molecule has 0 saturated carbocycles. The van der Waals surface area contributed by atoms with Gasteiger partial charge >= 0.3 is 0 Å². The maximum absolute atomic E-state index is 11.3. The number of carbonyl (C=O) groups is 1. The summed E-state index contributed by atoms with van der Waals surface area (Å²) in [7, 11) is 0. The van der Waals surface area contributed by atoms with E-state index in [1.54, 1.807) is 13.0 Å². The van der Waals surface area contributed by atoms with Crippen molar-refractivity contribution in [3.05, 3.63) is 46.5 Å². The van der Waals surface area contributed by atoms with Crippen LogP contribution >= 0.6 is 0 Å². The van der Waals surface area contributed by atoms with Gasteiger partial charge in [0.2, 0.25) is 0 Å². The molecule has 0 aliphatic carbocycles. The number of ether oxygens (including phenoxy) is 1. The molecule has 6 heteroatoms. The number of benzene rings is 1. The van der Waals surface area contributed by atoms with Crippen molar-refractivity contribution in [1.82, 2.24) is 5.32 Å². The van der Waals surface area contributed by atoms with E-state index in [1.807, 2.05) is 0 Å². The van der Waals surface area contributed by atoms with Gasteiger partial charge < -0.3 is 10.1 Å². The minimum atomic E-state index is -0.479. The predicted octanol–water partition coefficient (Wildman–Crippen LogP) is 1.58. The molecule has 0 spiro atoms. The molecule has 1 N–H and O–H groups in total. The molecule has 0 atom stereocenters. The van der Waals surface area contributed by atoms with Gasteiger partial charge in [-0.25, -0.2) is 0 Å². The molecule has 6 nitrogen and oxygen atoms in total. The fourth-order valence-corrected chi connectivity index (χ4v) is 1.29. The highest BCUT2D eigenvalue weighted by Gasteiger charge is 2.09. The second-order valence-electron chi connectivity index (χ2n) is 3.59. The highest BCUT2D eigenvalue weighted by atomic mass is 16.6. The maximum atomic E-state index is 11.3. The summed E-state index contributed by atoms with van der Waals surface area (Å²) < 4.78 is 5.26. The molecule has 0 aliphatic heterocycles. The summed E-state index contributed by atoms with van der Waals surface area (Å²) in [5.74, 6) is 0.182. The zero-order valence-electron chi connectivity index (χ0n) is 10.0. The molecule has 0 unspecified atom stereocenters. The fraction of sp³-hybridized carbons (Fsp3) is 0.250. The number of rotatable bonds is 6. The first-order valence-corrected chi connectivity index (χ1v) is 5.30. The second-order valence-corrected chi connectivity index (χ2v) is 3.59. The monoisotopic (exact) mass is 250 g/mol. The third kappa shape index (κ3) is 3.89. The summed E-state index contributed by atoms with van der Waals surface area (Å²) in [6.07, 6.45) is 1.56. The Hall–Kier alpha value is -2.37. The van der Waals surface area contributed by atoms with Gasteiger partial charge in [0.05, 0.1) is 4.92 Å². The number of hydrogen-bond acceptors (Lipinski definition) is 4. The predicted molar refractivity (Wildman–Crippen MR) is 66.5 cm³/mol. The Labute approximate surface area is 104 Å². The highest BCUT2D eigenvalue weighted by molar-refractivity contribution is 5.77. The van der Waals surface area contributed by atoms with E-state index in [4.69, 9.17) is 4.74 Å². The van der Waals surface area contributed by atoms with Crippen LogP contribution in [0.4, 0.5) is 5.69 Å². The normalized spacial score (nSPS) is 9.61. The molecule has 0 bridgehead atoms. The minimum absolute atomic E-state index is 0.00374. The van der Waals surface area contributed by atoms with E-state index < -0.39 is 4.92 Å². The van der Waals surface area contributed by atoms with Gasteiger partial charge in [-0.1, -0.05) is 6.08 Å². The topological polar surface area (TPSA) is 81.5 Å². The van der Waals surface area contributed by atoms with Gasteiger partial charge in [-0.3, -0.25) is 14.9 Å². The first-order chi connectivity index (χ1) is 8.54. The Morgan fingerprint density at radius 2 is 2.33 bits per heavy atom. The summed E-state index contributed by atoms with van der Waals surface area (Å²) >= 11 is 0. The fourth-order valence-electron chi connectivity index (χ4n) is 1.29. The van der Waals surface area contributed by atoms with Crippen LogP contribution in [0.2, 0.25) is 0 Å². The zero-order valence-corrected chi connectivity index (χ0v) is 10.0. The molecular weight excluding hydrogens is 236 g/mol. The first-order valence-electron chi connectivity index (χ1n) is 5.30. The van der Waals surface area contributed by atoms with Crippen molar-refractivity contribution in [2.75, 3.05) is 13.2 Å². The van der Waals surface area contributed by atoms with E-state index in [1.165, 1.54) is 18.2 Å². The van der Waals surface area contributed by atoms with Crippen LogP contribution in [0, 0.1) is 17.0 Å². The molecule has 0 radical (unpaired) electrons. The Morgan fingerprint density at radius 3 is 2.89 bits per heavy atom. The van der Waals surface area contributed by atoms with Crippen LogP contribution in [0.25, 0.3) is 0 Å². The third-order valence-electron chi connectivity index (χ3n) is 2.17. The van der Waals surface area contributed by atoms with Gasteiger partial charge in [-0.15, -0.1) is 6.58 Å². The lowest BCUT2D eigenvalue weighted by Gasteiger charge is -2.08. The molecule has 0 aromatic heterocycles. The van der Waals surface area contributed by atoms with Gasteiger partial charge in [-0.2, -0.15) is 0 Å². The standard InChI is InChI=1S/C12H14N2O4/c1-3-6-13-12(15)8-18-11-5-4-10(14(16)17)7-9(11)2/h3-5,7H,1,6,8H2,2H3,(H,13,15). The van der Waals surface area contributed by atoms with Gasteiger partial charge in [0.15, 0.2) is 6.61 Å². The van der Waals surface area contributed by atoms with Crippen LogP contribution in [0.1, 0.15) is 5.56 Å². The van der Waals surface area contributed by atoms with Crippen LogP contribution in [0.15, 0.2) is 30.9 Å². The smallest absolute Gasteiger partial charge is 0.269 e. The van der Waals surface area contributed by atoms with E-state index in [0.29, 0.717) is 17.9 Å². The molecule has 0 heterocycles. The number of nitro benzene ring substituents is 1. The minimum Gasteiger partial charge on any atom is -0.484 e. The Kier molecular flexibility index (Phi) is 4.86. The van der Waals surface area contributed by atoms with E-state index in [2.05, 4.69) is 11.9 Å². The summed E-state index contributed by atoms with van der Waals surface area (Å²) in [5.41, 5.74) is 0.608. The Morgan fingerprint density at radius 1 is 1.61 bits per heavy atom. The summed E-state index contributed by atoms with van der Waals surface area (Å²) in [5, 5.41) is 13.1. The van der Waals surface area contributed by atoms with E-state index in [9.17, 15) is 14.9 Å². The Bertz CT molecular complexity index is 471. The van der Waals surface area contributed by atoms with Crippen molar-refractivity contribution in [2.45, 2.75) is 6.92 Å². The van der Waals surface area contributed by atoms with Crippen LogP contribution in [0.5, 0.6) is 5.75 Å². The summed E-state index contributed by atoms with van der Waals surface area (Å²) in [6.45, 7) is 5.40. The van der Waals surface area contributed by atoms with E-state index in [-0.39, 0.29) is 18.2 Å². The Balaban J connectivity index is 2.60. The molecular formula is C12H14N2O4. The quantitative estimate of drug-likeness (QED) is 0.472. The van der Waals surface area contributed by atoms with Crippen LogP contribution < -0.4 is 10.1 Å². The number of hydrogen-bond donors (Lipinski definition) is 1. The van der Waals surface area contributed by atoms with Crippen LogP contribution in [0.3, 0.4) is 0 Å². The number of nitrogens with one attached hydrogen (secondary N) is 1. The average molecular weight is 250 g/mol. The zero-order chi connectivity index (χ0) is 13.5. The molecule has 1 aromatic rings. The SMILES string of the molecule is C=CCNC(=O)COc1ccc([N+](=O)[O-])cc1C. The van der Waals surface area contributed by atoms with Crippen molar-refractivity contribution in [3.8, 4) is 5.75 Å². The number of aryl methyl sites for hydroxylation is 1. The number of carbonyl (C=O) groups excluding carboxylic acids is 1. The third-order valence-corrected chi connectivity index (χ3v) is 2.17. The number of amides is 1. The van der Waals surface area contributed by atoms with E-state index in [0.717, 1.165) is 0 Å². The van der Waals surface area contributed by atoms with Crippen molar-refractivity contribution in [1.29, 1.82) is 0 Å². The number of nitrogens with zero attached hydrogens (tertiary/aromatic N) is 1. The van der Waals surface area contributed by atoms with Gasteiger partial charge in [-0.05, 0) is 18.6 Å². The van der Waals surface area contributed by atoms with Crippen molar-refractivity contribution in [3.63, 3.8) is 0 Å². The number of non-ortho nitro benzene ring substituents is 1. The van der Waals surface area contributed by atoms with Crippen molar-refractivity contribution < 1.29 is 14.5 Å². The average Bonchev–Trinajstić information content (AvgIpc) is 2.34. The first kappa shape index (κ1) is 13.7. The summed E-state index contributed by atoms with van der Waals surface area (Å²) in [6, 6.07) is 4.22. The molecule has 1 rings (SSSR count). The largest absolute Gasteiger partial charge is 0.484 e. The maximum Gasteiger partial charge on any atom is 0.269 e. The van der Waals surface area contributed by atoms with E-state index >= 15 is 0 Å². The lowest BCUT2D eigenvalue weighted by Crippen LogP contribution is -2.28. The molecule has 1 amide bonds. The van der Waals surface area contributed by atoms with Crippen LogP contribution in [-0.4, -0.2) is 24.0 Å². The molecule has 1 aromatic carbocycles. The number of nitro groups is 1. The molecule has 0 fully saturated rings. The van der Waals surface area contributed by atoms with Crippen LogP contribution in [-0.2, 0) is 4.79 Å².